The molecule has 0 heterocycles. The van der Waals surface area contributed by atoms with Gasteiger partial charge in [-0.2, -0.15) is 0 Å². The van der Waals surface area contributed by atoms with Crippen LogP contribution in [0.25, 0.3) is 0 Å². The molecule has 0 spiro atoms. The predicted octanol–water partition coefficient (Wildman–Crippen LogP) is 4.75. The van der Waals surface area contributed by atoms with Crippen molar-refractivity contribution in [2.45, 2.75) is 19.4 Å². The first-order valence-corrected chi connectivity index (χ1v) is 12.2. The maximum atomic E-state index is 13.2. The lowest BCUT2D eigenvalue weighted by atomic mass is 10.0. The Morgan fingerprint density at radius 2 is 1.56 bits per heavy atom. The van der Waals surface area contributed by atoms with Gasteiger partial charge in [0, 0.05) is 16.1 Å². The zero-order valence-electron chi connectivity index (χ0n) is 17.7. The van der Waals surface area contributed by atoms with Gasteiger partial charge in [-0.05, 0) is 36.8 Å². The number of carbonyl (C=O) groups is 2. The number of nitrogens with one attached hydrogen (secondary N) is 1. The smallest absolute Gasteiger partial charge is 0.248 e. The van der Waals surface area contributed by atoms with Gasteiger partial charge in [0.25, 0.3) is 0 Å². The quantitative estimate of drug-likeness (QED) is 0.481. The summed E-state index contributed by atoms with van der Waals surface area (Å²) in [7, 11) is -3.76. The summed E-state index contributed by atoms with van der Waals surface area (Å²) in [6.45, 7) is 1.73. The van der Waals surface area contributed by atoms with Gasteiger partial charge >= 0.3 is 0 Å². The lowest BCUT2D eigenvalue weighted by Gasteiger charge is -2.30. The fraction of sp³-hybridized carbons (Fsp3) is 0.167. The standard InChI is InChI=1S/C24H23ClN2O4S/c1-3-22(27(32(2,30)31)19-12-8-5-9-13-19)24(29)26-21-15-14-18(25)16-20(21)23(28)17-10-6-4-7-11-17/h4-16,22H,3H2,1-2H3,(H,26,29). The van der Waals surface area contributed by atoms with Crippen molar-refractivity contribution in [3.63, 3.8) is 0 Å². The lowest BCUT2D eigenvalue weighted by Crippen LogP contribution is -2.47. The van der Waals surface area contributed by atoms with E-state index in [4.69, 9.17) is 11.6 Å². The SMILES string of the molecule is CCC(C(=O)Nc1ccc(Cl)cc1C(=O)c1ccccc1)N(c1ccccc1)S(C)(=O)=O. The number of amides is 1. The van der Waals surface area contributed by atoms with E-state index in [1.165, 1.54) is 12.1 Å². The van der Waals surface area contributed by atoms with Gasteiger partial charge in [0.15, 0.2) is 5.78 Å². The van der Waals surface area contributed by atoms with Crippen LogP contribution in [0.5, 0.6) is 0 Å². The molecule has 1 N–H and O–H groups in total. The topological polar surface area (TPSA) is 83.6 Å². The van der Waals surface area contributed by atoms with Crippen LogP contribution in [0.15, 0.2) is 78.9 Å². The summed E-state index contributed by atoms with van der Waals surface area (Å²) in [6, 6.07) is 20.6. The number of carbonyl (C=O) groups excluding carboxylic acids is 2. The average molecular weight is 471 g/mol. The Hall–Kier alpha value is -3.16. The second-order valence-corrected chi connectivity index (χ2v) is 9.49. The fourth-order valence-corrected chi connectivity index (χ4v) is 4.79. The van der Waals surface area contributed by atoms with Crippen molar-refractivity contribution in [3.8, 4) is 0 Å². The van der Waals surface area contributed by atoms with Crippen molar-refractivity contribution in [1.29, 1.82) is 0 Å². The number of nitrogens with zero attached hydrogens (tertiary/aromatic N) is 1. The lowest BCUT2D eigenvalue weighted by molar-refractivity contribution is -0.117. The molecule has 0 saturated carbocycles. The van der Waals surface area contributed by atoms with E-state index in [-0.39, 0.29) is 23.5 Å². The third-order valence-electron chi connectivity index (χ3n) is 4.86. The largest absolute Gasteiger partial charge is 0.324 e. The molecule has 32 heavy (non-hydrogen) atoms. The van der Waals surface area contributed by atoms with Crippen LogP contribution in [0.2, 0.25) is 5.02 Å². The Kier molecular flexibility index (Phi) is 7.33. The molecule has 1 amide bonds. The summed E-state index contributed by atoms with van der Waals surface area (Å²) < 4.78 is 26.2. The second kappa shape index (κ2) is 9.97. The number of hydrogen-bond donors (Lipinski definition) is 1. The Labute approximate surface area is 192 Å². The number of para-hydroxylation sites is 1. The molecule has 3 rings (SSSR count). The van der Waals surface area contributed by atoms with Crippen LogP contribution in [-0.4, -0.2) is 32.4 Å². The first-order chi connectivity index (χ1) is 15.2. The summed E-state index contributed by atoms with van der Waals surface area (Å²) in [5.41, 5.74) is 1.30. The van der Waals surface area contributed by atoms with Gasteiger partial charge in [-0.1, -0.05) is 67.1 Å². The molecule has 0 radical (unpaired) electrons. The minimum Gasteiger partial charge on any atom is -0.324 e. The molecule has 0 aromatic heterocycles. The van der Waals surface area contributed by atoms with Crippen LogP contribution < -0.4 is 9.62 Å². The van der Waals surface area contributed by atoms with E-state index >= 15 is 0 Å². The number of sulfonamides is 1. The highest BCUT2D eigenvalue weighted by molar-refractivity contribution is 7.92. The van der Waals surface area contributed by atoms with Gasteiger partial charge in [-0.3, -0.25) is 13.9 Å². The molecule has 1 unspecified atom stereocenters. The molecule has 6 nitrogen and oxygen atoms in total. The highest BCUT2D eigenvalue weighted by Gasteiger charge is 2.32. The maximum absolute atomic E-state index is 13.2. The predicted molar refractivity (Wildman–Crippen MR) is 128 cm³/mol. The van der Waals surface area contributed by atoms with Crippen molar-refractivity contribution in [3.05, 3.63) is 95.0 Å². The van der Waals surface area contributed by atoms with Crippen molar-refractivity contribution in [2.75, 3.05) is 15.9 Å². The van der Waals surface area contributed by atoms with Crippen molar-refractivity contribution >= 4 is 44.7 Å². The summed E-state index contributed by atoms with van der Waals surface area (Å²) in [4.78, 5) is 26.3. The van der Waals surface area contributed by atoms with Gasteiger partial charge in [0.1, 0.15) is 6.04 Å². The van der Waals surface area contributed by atoms with Crippen LogP contribution in [0.1, 0.15) is 29.3 Å². The minimum absolute atomic E-state index is 0.220. The monoisotopic (exact) mass is 470 g/mol. The van der Waals surface area contributed by atoms with E-state index in [2.05, 4.69) is 5.32 Å². The zero-order valence-corrected chi connectivity index (χ0v) is 19.2. The molecule has 1 atom stereocenters. The molecule has 166 valence electrons. The number of rotatable bonds is 8. The zero-order chi connectivity index (χ0) is 23.3. The summed E-state index contributed by atoms with van der Waals surface area (Å²) in [5, 5.41) is 3.08. The van der Waals surface area contributed by atoms with E-state index in [1.54, 1.807) is 73.7 Å². The van der Waals surface area contributed by atoms with E-state index < -0.39 is 22.0 Å². The number of ketones is 1. The first kappa shape index (κ1) is 23.5. The highest BCUT2D eigenvalue weighted by atomic mass is 35.5. The molecule has 8 heteroatoms. The van der Waals surface area contributed by atoms with Crippen LogP contribution in [-0.2, 0) is 14.8 Å². The van der Waals surface area contributed by atoms with Crippen LogP contribution in [0.4, 0.5) is 11.4 Å². The van der Waals surface area contributed by atoms with E-state index in [0.29, 0.717) is 16.3 Å². The fourth-order valence-electron chi connectivity index (χ4n) is 3.41. The number of halogens is 1. The molecular formula is C24H23ClN2O4S. The van der Waals surface area contributed by atoms with E-state index in [0.717, 1.165) is 10.6 Å². The molecule has 0 aliphatic heterocycles. The molecule has 0 aliphatic rings. The number of hydrogen-bond acceptors (Lipinski definition) is 4. The summed E-state index contributed by atoms with van der Waals surface area (Å²) in [5.74, 6) is -0.856. The van der Waals surface area contributed by atoms with Crippen LogP contribution in [0, 0.1) is 0 Å². The number of anilines is 2. The minimum atomic E-state index is -3.76. The van der Waals surface area contributed by atoms with Crippen molar-refractivity contribution in [2.24, 2.45) is 0 Å². The van der Waals surface area contributed by atoms with Crippen LogP contribution in [0.3, 0.4) is 0 Å². The average Bonchev–Trinajstić information content (AvgIpc) is 2.78. The van der Waals surface area contributed by atoms with Crippen LogP contribution >= 0.6 is 11.6 Å². The van der Waals surface area contributed by atoms with E-state index in [1.807, 2.05) is 0 Å². The molecule has 0 fully saturated rings. The molecule has 0 bridgehead atoms. The second-order valence-electron chi connectivity index (χ2n) is 7.19. The highest BCUT2D eigenvalue weighted by Crippen LogP contribution is 2.26. The van der Waals surface area contributed by atoms with Gasteiger partial charge in [-0.15, -0.1) is 0 Å². The third kappa shape index (κ3) is 5.36. The summed E-state index contributed by atoms with van der Waals surface area (Å²) in [6.07, 6.45) is 1.28. The molecule has 0 saturated heterocycles. The molecule has 3 aromatic rings. The number of benzene rings is 3. The van der Waals surface area contributed by atoms with Gasteiger partial charge in [-0.25, -0.2) is 8.42 Å². The Balaban J connectivity index is 1.97. The van der Waals surface area contributed by atoms with Gasteiger partial charge in [0.2, 0.25) is 15.9 Å². The Bertz CT molecular complexity index is 1220. The van der Waals surface area contributed by atoms with Gasteiger partial charge < -0.3 is 5.32 Å². The molecular weight excluding hydrogens is 448 g/mol. The Morgan fingerprint density at radius 3 is 2.12 bits per heavy atom. The van der Waals surface area contributed by atoms with Gasteiger partial charge in [0.05, 0.1) is 17.6 Å². The first-order valence-electron chi connectivity index (χ1n) is 9.97. The summed E-state index contributed by atoms with van der Waals surface area (Å²) >= 11 is 6.11. The third-order valence-corrected chi connectivity index (χ3v) is 6.28. The Morgan fingerprint density at radius 1 is 0.969 bits per heavy atom. The normalized spacial score (nSPS) is 12.1. The van der Waals surface area contributed by atoms with Crippen molar-refractivity contribution in [1.82, 2.24) is 0 Å². The maximum Gasteiger partial charge on any atom is 0.248 e. The van der Waals surface area contributed by atoms with E-state index in [9.17, 15) is 18.0 Å². The molecule has 0 aliphatic carbocycles. The molecule has 3 aromatic carbocycles. The van der Waals surface area contributed by atoms with Crippen molar-refractivity contribution < 1.29 is 18.0 Å².